The van der Waals surface area contributed by atoms with Crippen molar-refractivity contribution in [3.63, 3.8) is 0 Å². The second-order valence-corrected chi connectivity index (χ2v) is 9.69. The molecule has 1 aliphatic heterocycles. The SMILES string of the molecule is COc1ccc(S(=O)(=O)Oc2ccc3ccccc3c2/C=N/N=C2\NC(=O)C(C)S2)cc1. The number of benzene rings is 3. The minimum Gasteiger partial charge on any atom is -0.497 e. The standard InChI is InChI=1S/C22H19N3O5S2/c1-14-21(26)24-22(31-14)25-23-13-19-18-6-4-3-5-15(18)7-12-20(19)30-32(27,28)17-10-8-16(29-2)9-11-17/h3-14H,1-2H3,(H,24,25,26)/b23-13+. The van der Waals surface area contributed by atoms with Crippen molar-refractivity contribution >= 4 is 49.9 Å². The fraction of sp³-hybridized carbons (Fsp3) is 0.136. The summed E-state index contributed by atoms with van der Waals surface area (Å²) in [5, 5.41) is 12.5. The Labute approximate surface area is 189 Å². The van der Waals surface area contributed by atoms with Gasteiger partial charge in [0, 0.05) is 5.56 Å². The number of fused-ring (bicyclic) bond motifs is 1. The maximum Gasteiger partial charge on any atom is 0.339 e. The molecule has 1 unspecified atom stereocenters. The van der Waals surface area contributed by atoms with E-state index >= 15 is 0 Å². The van der Waals surface area contributed by atoms with E-state index in [0.29, 0.717) is 16.5 Å². The van der Waals surface area contributed by atoms with Gasteiger partial charge in [0.25, 0.3) is 0 Å². The molecule has 1 amide bonds. The molecule has 0 bridgehead atoms. The van der Waals surface area contributed by atoms with Crippen LogP contribution in [0.1, 0.15) is 12.5 Å². The Bertz CT molecular complexity index is 1340. The number of thioether (sulfide) groups is 1. The minimum atomic E-state index is -4.10. The van der Waals surface area contributed by atoms with Gasteiger partial charge in [-0.2, -0.15) is 13.5 Å². The largest absolute Gasteiger partial charge is 0.497 e. The smallest absolute Gasteiger partial charge is 0.339 e. The summed E-state index contributed by atoms with van der Waals surface area (Å²) in [6, 6.07) is 16.7. The highest BCUT2D eigenvalue weighted by Crippen LogP contribution is 2.30. The van der Waals surface area contributed by atoms with Gasteiger partial charge in [-0.1, -0.05) is 42.1 Å². The molecule has 1 atom stereocenters. The Morgan fingerprint density at radius 3 is 2.50 bits per heavy atom. The van der Waals surface area contributed by atoms with Crippen molar-refractivity contribution in [1.29, 1.82) is 0 Å². The van der Waals surface area contributed by atoms with E-state index in [2.05, 4.69) is 15.5 Å². The van der Waals surface area contributed by atoms with E-state index in [9.17, 15) is 13.2 Å². The summed E-state index contributed by atoms with van der Waals surface area (Å²) in [4.78, 5) is 11.6. The molecule has 0 aromatic heterocycles. The Morgan fingerprint density at radius 1 is 1.06 bits per heavy atom. The van der Waals surface area contributed by atoms with Gasteiger partial charge in [-0.05, 0) is 48.0 Å². The number of methoxy groups -OCH3 is 1. The van der Waals surface area contributed by atoms with Crippen molar-refractivity contribution in [1.82, 2.24) is 5.32 Å². The molecule has 3 aromatic carbocycles. The normalized spacial score (nSPS) is 17.8. The van der Waals surface area contributed by atoms with Gasteiger partial charge in [0.2, 0.25) is 5.91 Å². The lowest BCUT2D eigenvalue weighted by Gasteiger charge is -2.12. The van der Waals surface area contributed by atoms with Gasteiger partial charge in [-0.3, -0.25) is 4.79 Å². The van der Waals surface area contributed by atoms with E-state index < -0.39 is 10.1 Å². The van der Waals surface area contributed by atoms with E-state index in [4.69, 9.17) is 8.92 Å². The molecule has 0 radical (unpaired) electrons. The van der Waals surface area contributed by atoms with E-state index in [1.165, 1.54) is 37.2 Å². The molecule has 8 nitrogen and oxygen atoms in total. The Balaban J connectivity index is 1.70. The highest BCUT2D eigenvalue weighted by Gasteiger charge is 2.25. The molecule has 0 aliphatic carbocycles. The molecule has 1 N–H and O–H groups in total. The number of carbonyl (C=O) groups is 1. The van der Waals surface area contributed by atoms with Crippen LogP contribution >= 0.6 is 11.8 Å². The number of amides is 1. The first-order valence-corrected chi connectivity index (χ1v) is 11.8. The van der Waals surface area contributed by atoms with E-state index in [1.54, 1.807) is 31.2 Å². The number of hydrogen-bond acceptors (Lipinski definition) is 8. The molecular weight excluding hydrogens is 450 g/mol. The van der Waals surface area contributed by atoms with Crippen LogP contribution in [0.15, 0.2) is 75.8 Å². The molecule has 0 saturated carbocycles. The topological polar surface area (TPSA) is 106 Å². The van der Waals surface area contributed by atoms with E-state index in [0.717, 1.165) is 10.8 Å². The third-order valence-electron chi connectivity index (χ3n) is 4.70. The second kappa shape index (κ2) is 9.01. The van der Waals surface area contributed by atoms with Crippen LogP contribution in [0.25, 0.3) is 10.8 Å². The van der Waals surface area contributed by atoms with Gasteiger partial charge < -0.3 is 14.2 Å². The monoisotopic (exact) mass is 469 g/mol. The lowest BCUT2D eigenvalue weighted by Crippen LogP contribution is -2.23. The maximum atomic E-state index is 12.9. The summed E-state index contributed by atoms with van der Waals surface area (Å²) in [6.07, 6.45) is 1.42. The van der Waals surface area contributed by atoms with Gasteiger partial charge in [0.15, 0.2) is 10.9 Å². The van der Waals surface area contributed by atoms with E-state index in [1.807, 2.05) is 24.3 Å². The highest BCUT2D eigenvalue weighted by atomic mass is 32.2. The van der Waals surface area contributed by atoms with Gasteiger partial charge in [0.1, 0.15) is 10.6 Å². The van der Waals surface area contributed by atoms with Crippen LogP contribution in [0.4, 0.5) is 0 Å². The summed E-state index contributed by atoms with van der Waals surface area (Å²) >= 11 is 1.27. The lowest BCUT2D eigenvalue weighted by atomic mass is 10.0. The van der Waals surface area contributed by atoms with Gasteiger partial charge in [-0.25, -0.2) is 0 Å². The molecule has 164 valence electrons. The first-order chi connectivity index (χ1) is 15.4. The molecule has 1 heterocycles. The molecule has 4 rings (SSSR count). The van der Waals surface area contributed by atoms with Gasteiger partial charge >= 0.3 is 10.1 Å². The van der Waals surface area contributed by atoms with Crippen molar-refractivity contribution in [2.24, 2.45) is 10.2 Å². The van der Waals surface area contributed by atoms with Crippen molar-refractivity contribution in [2.45, 2.75) is 17.1 Å². The fourth-order valence-corrected chi connectivity index (χ4v) is 4.74. The summed E-state index contributed by atoms with van der Waals surface area (Å²) in [5.74, 6) is 0.511. The lowest BCUT2D eigenvalue weighted by molar-refractivity contribution is -0.118. The van der Waals surface area contributed by atoms with Crippen molar-refractivity contribution in [3.8, 4) is 11.5 Å². The average Bonchev–Trinajstić information content (AvgIpc) is 3.12. The Kier molecular flexibility index (Phi) is 6.15. The summed E-state index contributed by atoms with van der Waals surface area (Å²) in [5.41, 5.74) is 0.451. The molecule has 3 aromatic rings. The van der Waals surface area contributed by atoms with Crippen molar-refractivity contribution in [2.75, 3.05) is 7.11 Å². The summed E-state index contributed by atoms with van der Waals surface area (Å²) < 4.78 is 36.3. The molecule has 10 heteroatoms. The predicted molar refractivity (Wildman–Crippen MR) is 125 cm³/mol. The minimum absolute atomic E-state index is 0.00588. The second-order valence-electron chi connectivity index (χ2n) is 6.81. The van der Waals surface area contributed by atoms with Crippen LogP contribution in [-0.4, -0.2) is 38.1 Å². The average molecular weight is 470 g/mol. The number of ether oxygens (including phenoxy) is 1. The molecular formula is C22H19N3O5S2. The molecule has 32 heavy (non-hydrogen) atoms. The van der Waals surface area contributed by atoms with Crippen LogP contribution in [0.3, 0.4) is 0 Å². The third-order valence-corrected chi connectivity index (χ3v) is 6.92. The van der Waals surface area contributed by atoms with Crippen molar-refractivity contribution < 1.29 is 22.1 Å². The first kappa shape index (κ1) is 21.8. The van der Waals surface area contributed by atoms with Crippen LogP contribution in [-0.2, 0) is 14.9 Å². The van der Waals surface area contributed by atoms with Crippen LogP contribution in [0.5, 0.6) is 11.5 Å². The van der Waals surface area contributed by atoms with E-state index in [-0.39, 0.29) is 21.8 Å². The first-order valence-electron chi connectivity index (χ1n) is 9.56. The number of nitrogens with zero attached hydrogens (tertiary/aromatic N) is 2. The molecule has 1 saturated heterocycles. The zero-order valence-electron chi connectivity index (χ0n) is 17.2. The van der Waals surface area contributed by atoms with Crippen molar-refractivity contribution in [3.05, 3.63) is 66.2 Å². The Hall–Kier alpha value is -3.37. The van der Waals surface area contributed by atoms with Crippen LogP contribution in [0, 0.1) is 0 Å². The number of hydrogen-bond donors (Lipinski definition) is 1. The molecule has 0 spiro atoms. The fourth-order valence-electron chi connectivity index (χ4n) is 3.04. The van der Waals surface area contributed by atoms with Gasteiger partial charge in [-0.15, -0.1) is 5.10 Å². The third kappa shape index (κ3) is 4.61. The van der Waals surface area contributed by atoms with Crippen LogP contribution < -0.4 is 14.2 Å². The predicted octanol–water partition coefficient (Wildman–Crippen LogP) is 3.56. The van der Waals surface area contributed by atoms with Crippen LogP contribution in [0.2, 0.25) is 0 Å². The highest BCUT2D eigenvalue weighted by molar-refractivity contribution is 8.15. The number of carbonyl (C=O) groups excluding carboxylic acids is 1. The number of amidine groups is 1. The zero-order chi connectivity index (χ0) is 22.7. The zero-order valence-corrected chi connectivity index (χ0v) is 18.8. The summed E-state index contributed by atoms with van der Waals surface area (Å²) in [6.45, 7) is 1.77. The quantitative estimate of drug-likeness (QED) is 0.336. The molecule has 1 fully saturated rings. The molecule has 1 aliphatic rings. The maximum absolute atomic E-state index is 12.9. The number of rotatable bonds is 6. The Morgan fingerprint density at radius 2 is 1.81 bits per heavy atom. The number of nitrogens with one attached hydrogen (secondary N) is 1. The van der Waals surface area contributed by atoms with Gasteiger partial charge in [0.05, 0.1) is 18.6 Å². The summed E-state index contributed by atoms with van der Waals surface area (Å²) in [7, 11) is -2.60.